The van der Waals surface area contributed by atoms with E-state index < -0.39 is 18.4 Å². The Bertz CT molecular complexity index is 750. The van der Waals surface area contributed by atoms with E-state index in [4.69, 9.17) is 14.6 Å². The van der Waals surface area contributed by atoms with Crippen LogP contribution in [-0.4, -0.2) is 22.2 Å². The van der Waals surface area contributed by atoms with Crippen molar-refractivity contribution in [1.29, 1.82) is 0 Å². The Morgan fingerprint density at radius 1 is 1.00 bits per heavy atom. The van der Waals surface area contributed by atoms with Crippen LogP contribution < -0.4 is 9.47 Å². The Balaban J connectivity index is 2.03. The summed E-state index contributed by atoms with van der Waals surface area (Å²) in [6.07, 6.45) is -0.410. The second-order valence-electron chi connectivity index (χ2n) is 4.63. The smallest absolute Gasteiger partial charge is 0.331 e. The molecule has 23 heavy (non-hydrogen) atoms. The van der Waals surface area contributed by atoms with Gasteiger partial charge in [-0.2, -0.15) is 0 Å². The first-order valence-electron chi connectivity index (χ1n) is 6.63. The number of hydrogen-bond donors (Lipinski definition) is 2. The summed E-state index contributed by atoms with van der Waals surface area (Å²) >= 11 is 0. The van der Waals surface area contributed by atoms with Crippen molar-refractivity contribution in [3.63, 3.8) is 0 Å². The molecular formula is C17H14O6. The number of phenolic OH excluding ortho intramolecular Hbond substituents is 1. The quantitative estimate of drug-likeness (QED) is 0.483. The second-order valence-corrected chi connectivity index (χ2v) is 4.63. The monoisotopic (exact) mass is 314 g/mol. The van der Waals surface area contributed by atoms with E-state index in [1.165, 1.54) is 24.3 Å². The van der Waals surface area contributed by atoms with Crippen molar-refractivity contribution in [3.8, 4) is 23.0 Å². The van der Waals surface area contributed by atoms with E-state index in [9.17, 15) is 14.7 Å². The lowest BCUT2D eigenvalue weighted by Crippen LogP contribution is -2.12. The van der Waals surface area contributed by atoms with Crippen LogP contribution in [0, 0.1) is 0 Å². The normalized spacial score (nSPS) is 9.91. The Hall–Kier alpha value is -3.28. The average Bonchev–Trinajstić information content (AvgIpc) is 2.47. The average molecular weight is 314 g/mol. The predicted molar refractivity (Wildman–Crippen MR) is 81.7 cm³/mol. The Morgan fingerprint density at radius 2 is 1.61 bits per heavy atom. The van der Waals surface area contributed by atoms with Crippen molar-refractivity contribution in [1.82, 2.24) is 0 Å². The first-order chi connectivity index (χ1) is 10.9. The zero-order valence-corrected chi connectivity index (χ0v) is 12.1. The van der Waals surface area contributed by atoms with Crippen molar-refractivity contribution in [2.24, 2.45) is 0 Å². The van der Waals surface area contributed by atoms with E-state index in [1.54, 1.807) is 24.3 Å². The molecule has 0 saturated heterocycles. The van der Waals surface area contributed by atoms with Gasteiger partial charge >= 0.3 is 11.9 Å². The summed E-state index contributed by atoms with van der Waals surface area (Å²) in [4.78, 5) is 22.2. The van der Waals surface area contributed by atoms with Crippen LogP contribution in [0.2, 0.25) is 0 Å². The molecule has 0 amide bonds. The van der Waals surface area contributed by atoms with Crippen molar-refractivity contribution in [2.45, 2.75) is 6.42 Å². The lowest BCUT2D eigenvalue weighted by atomic mass is 10.2. The van der Waals surface area contributed by atoms with Gasteiger partial charge in [-0.25, -0.2) is 4.79 Å². The summed E-state index contributed by atoms with van der Waals surface area (Å²) < 4.78 is 10.6. The molecule has 6 nitrogen and oxygen atoms in total. The number of carboxylic acids is 1. The second kappa shape index (κ2) is 7.13. The molecule has 2 aromatic rings. The molecule has 0 bridgehead atoms. The highest BCUT2D eigenvalue weighted by Gasteiger charge is 2.12. The van der Waals surface area contributed by atoms with E-state index in [1.807, 2.05) is 0 Å². The van der Waals surface area contributed by atoms with E-state index in [2.05, 4.69) is 6.58 Å². The molecule has 0 unspecified atom stereocenters. The highest BCUT2D eigenvalue weighted by atomic mass is 16.5. The number of carboxylic acid groups (broad SMARTS) is 1. The molecule has 0 aliphatic rings. The third-order valence-corrected chi connectivity index (χ3v) is 2.75. The van der Waals surface area contributed by atoms with Crippen molar-refractivity contribution in [2.75, 3.05) is 0 Å². The van der Waals surface area contributed by atoms with Crippen LogP contribution in [0.3, 0.4) is 0 Å². The van der Waals surface area contributed by atoms with Crippen molar-refractivity contribution in [3.05, 3.63) is 60.7 Å². The summed E-state index contributed by atoms with van der Waals surface area (Å²) in [7, 11) is 0. The van der Waals surface area contributed by atoms with Gasteiger partial charge in [0.05, 0.1) is 6.42 Å². The summed E-state index contributed by atoms with van der Waals surface area (Å²) in [6.45, 7) is 3.27. The largest absolute Gasteiger partial charge is 0.508 e. The first-order valence-corrected chi connectivity index (χ1v) is 6.63. The number of esters is 1. The summed E-state index contributed by atoms with van der Waals surface area (Å²) in [5.74, 6) is -0.872. The lowest BCUT2D eigenvalue weighted by Gasteiger charge is -2.08. The van der Waals surface area contributed by atoms with Gasteiger partial charge in [0.15, 0.2) is 0 Å². The zero-order chi connectivity index (χ0) is 16.8. The number of benzene rings is 2. The maximum absolute atomic E-state index is 11.6. The standard InChI is InChI=1S/C17H14O6/c1-11(17(20)21)8-16(19)23-15-7-3-6-14(10-15)22-13-5-2-4-12(18)9-13/h2-7,9-10,18H,1,8H2,(H,20,21). The highest BCUT2D eigenvalue weighted by molar-refractivity contribution is 5.92. The van der Waals surface area contributed by atoms with Gasteiger partial charge in [-0.3, -0.25) is 4.79 Å². The molecule has 118 valence electrons. The number of carbonyl (C=O) groups excluding carboxylic acids is 1. The van der Waals surface area contributed by atoms with Crippen LogP contribution in [0.15, 0.2) is 60.7 Å². The Kier molecular flexibility index (Phi) is 4.99. The van der Waals surface area contributed by atoms with Gasteiger partial charge in [0.2, 0.25) is 0 Å². The molecule has 0 radical (unpaired) electrons. The summed E-state index contributed by atoms with van der Waals surface area (Å²) in [5.41, 5.74) is -0.248. The number of aliphatic carboxylic acids is 1. The number of ether oxygens (including phenoxy) is 2. The molecule has 0 atom stereocenters. The number of carbonyl (C=O) groups is 2. The van der Waals surface area contributed by atoms with E-state index in [0.29, 0.717) is 11.5 Å². The van der Waals surface area contributed by atoms with Crippen LogP contribution in [0.5, 0.6) is 23.0 Å². The molecule has 0 fully saturated rings. The molecule has 0 aliphatic heterocycles. The molecule has 2 aromatic carbocycles. The van der Waals surface area contributed by atoms with Crippen LogP contribution >= 0.6 is 0 Å². The molecule has 2 rings (SSSR count). The molecule has 0 heterocycles. The third kappa shape index (κ3) is 4.89. The summed E-state index contributed by atoms with van der Waals surface area (Å²) in [5, 5.41) is 18.1. The van der Waals surface area contributed by atoms with Gasteiger partial charge < -0.3 is 19.7 Å². The lowest BCUT2D eigenvalue weighted by molar-refractivity contribution is -0.138. The third-order valence-electron chi connectivity index (χ3n) is 2.75. The van der Waals surface area contributed by atoms with Gasteiger partial charge in [0.1, 0.15) is 23.0 Å². The SMILES string of the molecule is C=C(CC(=O)Oc1cccc(Oc2cccc(O)c2)c1)C(=O)O. The van der Waals surface area contributed by atoms with E-state index >= 15 is 0 Å². The number of rotatable bonds is 6. The number of aromatic hydroxyl groups is 1. The number of phenols is 1. The zero-order valence-electron chi connectivity index (χ0n) is 12.1. The minimum Gasteiger partial charge on any atom is -0.508 e. The van der Waals surface area contributed by atoms with Crippen LogP contribution in [-0.2, 0) is 9.59 Å². The van der Waals surface area contributed by atoms with Crippen LogP contribution in [0.1, 0.15) is 6.42 Å². The maximum Gasteiger partial charge on any atom is 0.331 e. The minimum atomic E-state index is -1.25. The van der Waals surface area contributed by atoms with Gasteiger partial charge in [-0.05, 0) is 24.3 Å². The molecule has 0 aromatic heterocycles. The molecule has 6 heteroatoms. The maximum atomic E-state index is 11.6. The van der Waals surface area contributed by atoms with Gasteiger partial charge in [-0.15, -0.1) is 0 Å². The van der Waals surface area contributed by atoms with Gasteiger partial charge in [0.25, 0.3) is 0 Å². The van der Waals surface area contributed by atoms with Gasteiger partial charge in [-0.1, -0.05) is 18.7 Å². The first kappa shape index (κ1) is 16.1. The molecule has 0 saturated carbocycles. The van der Waals surface area contributed by atoms with E-state index in [0.717, 1.165) is 0 Å². The fourth-order valence-electron chi connectivity index (χ4n) is 1.70. The van der Waals surface area contributed by atoms with Crippen molar-refractivity contribution >= 4 is 11.9 Å². The Labute approximate surface area is 132 Å². The topological polar surface area (TPSA) is 93.1 Å². The predicted octanol–water partition coefficient (Wildman–Crippen LogP) is 3.12. The molecule has 0 spiro atoms. The highest BCUT2D eigenvalue weighted by Crippen LogP contribution is 2.27. The fourth-order valence-corrected chi connectivity index (χ4v) is 1.70. The Morgan fingerprint density at radius 3 is 2.26 bits per heavy atom. The minimum absolute atomic E-state index is 0.0669. The van der Waals surface area contributed by atoms with Crippen LogP contribution in [0.25, 0.3) is 0 Å². The van der Waals surface area contributed by atoms with Crippen LogP contribution in [0.4, 0.5) is 0 Å². The fraction of sp³-hybridized carbons (Fsp3) is 0.0588. The van der Waals surface area contributed by atoms with Gasteiger partial charge in [0, 0.05) is 17.7 Å². The van der Waals surface area contributed by atoms with Crippen molar-refractivity contribution < 1.29 is 29.3 Å². The summed E-state index contributed by atoms with van der Waals surface area (Å²) in [6, 6.07) is 12.5. The molecular weight excluding hydrogens is 300 g/mol. The molecule has 2 N–H and O–H groups in total. The molecule has 0 aliphatic carbocycles. The number of hydrogen-bond acceptors (Lipinski definition) is 5. The van der Waals surface area contributed by atoms with E-state index in [-0.39, 0.29) is 17.1 Å².